The van der Waals surface area contributed by atoms with Crippen molar-refractivity contribution < 1.29 is 13.5 Å². The molecule has 0 N–H and O–H groups in total. The Labute approximate surface area is 127 Å². The van der Waals surface area contributed by atoms with E-state index < -0.39 is 11.6 Å². The van der Waals surface area contributed by atoms with Crippen molar-refractivity contribution in [2.75, 3.05) is 18.0 Å². The molecule has 0 radical (unpaired) electrons. The zero-order valence-corrected chi connectivity index (χ0v) is 12.3. The van der Waals surface area contributed by atoms with Gasteiger partial charge in [0.2, 0.25) is 0 Å². The first-order valence-electron chi connectivity index (χ1n) is 7.27. The van der Waals surface area contributed by atoms with E-state index in [9.17, 15) is 8.78 Å². The molecule has 1 aromatic heterocycles. The molecule has 0 amide bonds. The topological polar surface area (TPSA) is 38.2 Å². The highest BCUT2D eigenvalue weighted by molar-refractivity contribution is 5.39. The highest BCUT2D eigenvalue weighted by Crippen LogP contribution is 2.24. The number of anilines is 1. The van der Waals surface area contributed by atoms with Crippen LogP contribution in [0.15, 0.2) is 30.6 Å². The predicted molar refractivity (Wildman–Crippen MR) is 79.0 cm³/mol. The Bertz CT molecular complexity index is 658. The number of nitrogens with zero attached hydrogens (tertiary/aromatic N) is 3. The third-order valence-corrected chi connectivity index (χ3v) is 3.74. The first-order chi connectivity index (χ1) is 10.6. The van der Waals surface area contributed by atoms with E-state index in [-0.39, 0.29) is 11.9 Å². The maximum absolute atomic E-state index is 13.6. The van der Waals surface area contributed by atoms with Crippen LogP contribution in [0, 0.1) is 18.6 Å². The van der Waals surface area contributed by atoms with Crippen LogP contribution in [-0.2, 0) is 0 Å². The zero-order valence-electron chi connectivity index (χ0n) is 12.3. The summed E-state index contributed by atoms with van der Waals surface area (Å²) in [5.41, 5.74) is 0.928. The molecule has 0 atom stereocenters. The summed E-state index contributed by atoms with van der Waals surface area (Å²) < 4.78 is 32.1. The lowest BCUT2D eigenvalue weighted by molar-refractivity contribution is 0.163. The fourth-order valence-corrected chi connectivity index (χ4v) is 2.57. The number of benzene rings is 1. The van der Waals surface area contributed by atoms with Crippen molar-refractivity contribution in [1.29, 1.82) is 0 Å². The van der Waals surface area contributed by atoms with E-state index >= 15 is 0 Å². The molecule has 1 aliphatic rings. The molecule has 0 aliphatic carbocycles. The first-order valence-corrected chi connectivity index (χ1v) is 7.27. The third kappa shape index (κ3) is 3.32. The van der Waals surface area contributed by atoms with Gasteiger partial charge in [0.15, 0.2) is 11.6 Å². The Morgan fingerprint density at radius 1 is 1.14 bits per heavy atom. The van der Waals surface area contributed by atoms with Crippen molar-refractivity contribution in [3.63, 3.8) is 0 Å². The summed E-state index contributed by atoms with van der Waals surface area (Å²) in [7, 11) is 0. The lowest BCUT2D eigenvalue weighted by Gasteiger charge is -2.33. The SMILES string of the molecule is Cc1cc(N2CCC(Oc3ccc(F)cc3F)CC2)ncn1. The minimum absolute atomic E-state index is 0.0702. The van der Waals surface area contributed by atoms with E-state index in [4.69, 9.17) is 4.74 Å². The van der Waals surface area contributed by atoms with Crippen molar-refractivity contribution in [3.05, 3.63) is 47.9 Å². The standard InChI is InChI=1S/C16H17F2N3O/c1-11-8-16(20-10-19-11)21-6-4-13(5-7-21)22-15-3-2-12(17)9-14(15)18/h2-3,8-10,13H,4-7H2,1H3. The van der Waals surface area contributed by atoms with Crippen molar-refractivity contribution in [1.82, 2.24) is 9.97 Å². The molecule has 1 aliphatic heterocycles. The normalized spacial score (nSPS) is 15.9. The Morgan fingerprint density at radius 3 is 2.59 bits per heavy atom. The highest BCUT2D eigenvalue weighted by Gasteiger charge is 2.22. The predicted octanol–water partition coefficient (Wildman–Crippen LogP) is 3.11. The number of halogens is 2. The van der Waals surface area contributed by atoms with Gasteiger partial charge in [-0.25, -0.2) is 18.7 Å². The zero-order chi connectivity index (χ0) is 15.5. The van der Waals surface area contributed by atoms with E-state index in [0.29, 0.717) is 0 Å². The molecule has 0 saturated carbocycles. The lowest BCUT2D eigenvalue weighted by atomic mass is 10.1. The van der Waals surface area contributed by atoms with E-state index in [0.717, 1.165) is 43.5 Å². The summed E-state index contributed by atoms with van der Waals surface area (Å²) in [5, 5.41) is 0. The van der Waals surface area contributed by atoms with Gasteiger partial charge in [0.05, 0.1) is 0 Å². The molecule has 116 valence electrons. The Morgan fingerprint density at radius 2 is 1.91 bits per heavy atom. The molecular formula is C16H17F2N3O. The summed E-state index contributed by atoms with van der Waals surface area (Å²) >= 11 is 0. The molecule has 0 bridgehead atoms. The van der Waals surface area contributed by atoms with Crippen molar-refractivity contribution >= 4 is 5.82 Å². The number of hydrogen-bond donors (Lipinski definition) is 0. The Kier molecular flexibility index (Phi) is 4.18. The van der Waals surface area contributed by atoms with Gasteiger partial charge in [-0.1, -0.05) is 0 Å². The average Bonchev–Trinajstić information content (AvgIpc) is 2.51. The van der Waals surface area contributed by atoms with Crippen LogP contribution in [0.4, 0.5) is 14.6 Å². The third-order valence-electron chi connectivity index (χ3n) is 3.74. The second-order valence-electron chi connectivity index (χ2n) is 5.40. The number of aryl methyl sites for hydroxylation is 1. The fourth-order valence-electron chi connectivity index (χ4n) is 2.57. The summed E-state index contributed by atoms with van der Waals surface area (Å²) in [5.74, 6) is -0.246. The van der Waals surface area contributed by atoms with Crippen molar-refractivity contribution in [3.8, 4) is 5.75 Å². The number of piperidine rings is 1. The van der Waals surface area contributed by atoms with Crippen LogP contribution in [0.3, 0.4) is 0 Å². The van der Waals surface area contributed by atoms with Gasteiger partial charge < -0.3 is 9.64 Å². The van der Waals surface area contributed by atoms with Crippen LogP contribution >= 0.6 is 0 Å². The smallest absolute Gasteiger partial charge is 0.167 e. The van der Waals surface area contributed by atoms with Gasteiger partial charge >= 0.3 is 0 Å². The van der Waals surface area contributed by atoms with Crippen LogP contribution in [-0.4, -0.2) is 29.2 Å². The van der Waals surface area contributed by atoms with Crippen LogP contribution in [0.5, 0.6) is 5.75 Å². The minimum Gasteiger partial charge on any atom is -0.487 e. The number of aromatic nitrogens is 2. The van der Waals surface area contributed by atoms with Gasteiger partial charge in [0.25, 0.3) is 0 Å². The molecule has 2 aromatic rings. The van der Waals surface area contributed by atoms with Gasteiger partial charge in [-0.15, -0.1) is 0 Å². The van der Waals surface area contributed by atoms with E-state index in [1.807, 2.05) is 13.0 Å². The molecular weight excluding hydrogens is 288 g/mol. The molecule has 1 fully saturated rings. The van der Waals surface area contributed by atoms with Crippen LogP contribution in [0.25, 0.3) is 0 Å². The Hall–Kier alpha value is -2.24. The summed E-state index contributed by atoms with van der Waals surface area (Å²) in [6.45, 7) is 3.49. The van der Waals surface area contributed by atoms with Gasteiger partial charge in [0.1, 0.15) is 24.1 Å². The van der Waals surface area contributed by atoms with Crippen LogP contribution < -0.4 is 9.64 Å². The van der Waals surface area contributed by atoms with Gasteiger partial charge in [-0.2, -0.15) is 0 Å². The molecule has 1 aromatic carbocycles. The molecule has 2 heterocycles. The van der Waals surface area contributed by atoms with Gasteiger partial charge in [0, 0.05) is 43.8 Å². The first kappa shape index (κ1) is 14.7. The maximum Gasteiger partial charge on any atom is 0.167 e. The molecule has 22 heavy (non-hydrogen) atoms. The van der Waals surface area contributed by atoms with E-state index in [2.05, 4.69) is 14.9 Å². The number of ether oxygens (including phenoxy) is 1. The van der Waals surface area contributed by atoms with Crippen molar-refractivity contribution in [2.24, 2.45) is 0 Å². The van der Waals surface area contributed by atoms with Gasteiger partial charge in [-0.05, 0) is 19.1 Å². The second-order valence-corrected chi connectivity index (χ2v) is 5.40. The summed E-state index contributed by atoms with van der Waals surface area (Å²) in [6, 6.07) is 5.33. The van der Waals surface area contributed by atoms with E-state index in [1.54, 1.807) is 6.33 Å². The summed E-state index contributed by atoms with van der Waals surface area (Å²) in [4.78, 5) is 10.5. The van der Waals surface area contributed by atoms with Crippen LogP contribution in [0.1, 0.15) is 18.5 Å². The maximum atomic E-state index is 13.6. The summed E-state index contributed by atoms with van der Waals surface area (Å²) in [6.07, 6.45) is 3.01. The Balaban J connectivity index is 1.60. The highest BCUT2D eigenvalue weighted by atomic mass is 19.1. The molecule has 3 rings (SSSR count). The van der Waals surface area contributed by atoms with E-state index in [1.165, 1.54) is 12.1 Å². The monoisotopic (exact) mass is 305 g/mol. The van der Waals surface area contributed by atoms with Crippen LogP contribution in [0.2, 0.25) is 0 Å². The average molecular weight is 305 g/mol. The molecule has 4 nitrogen and oxygen atoms in total. The minimum atomic E-state index is -0.658. The number of hydrogen-bond acceptors (Lipinski definition) is 4. The largest absolute Gasteiger partial charge is 0.487 e. The van der Waals surface area contributed by atoms with Gasteiger partial charge in [-0.3, -0.25) is 0 Å². The molecule has 1 saturated heterocycles. The molecule has 6 heteroatoms. The molecule has 0 unspecified atom stereocenters. The molecule has 0 spiro atoms. The fraction of sp³-hybridized carbons (Fsp3) is 0.375. The quantitative estimate of drug-likeness (QED) is 0.873. The lowest BCUT2D eigenvalue weighted by Crippen LogP contribution is -2.38. The van der Waals surface area contributed by atoms with Crippen molar-refractivity contribution in [2.45, 2.75) is 25.9 Å². The second kappa shape index (κ2) is 6.25. The number of rotatable bonds is 3.